The summed E-state index contributed by atoms with van der Waals surface area (Å²) < 4.78 is 27.0. The van der Waals surface area contributed by atoms with E-state index in [2.05, 4.69) is 5.32 Å². The van der Waals surface area contributed by atoms with Crippen LogP contribution in [0.15, 0.2) is 59.5 Å². The largest absolute Gasteiger partial charge is 0.356 e. The van der Waals surface area contributed by atoms with Gasteiger partial charge < -0.3 is 5.32 Å². The van der Waals surface area contributed by atoms with Crippen molar-refractivity contribution in [2.75, 3.05) is 19.6 Å². The first-order valence-electron chi connectivity index (χ1n) is 9.35. The third-order valence-electron chi connectivity index (χ3n) is 5.01. The van der Waals surface area contributed by atoms with Gasteiger partial charge in [0.1, 0.15) is 0 Å². The number of hydrogen-bond acceptors (Lipinski definition) is 3. The average Bonchev–Trinajstić information content (AvgIpc) is 2.69. The van der Waals surface area contributed by atoms with Gasteiger partial charge in [0.2, 0.25) is 15.9 Å². The summed E-state index contributed by atoms with van der Waals surface area (Å²) in [5, 5.41) is 2.99. The van der Waals surface area contributed by atoms with E-state index in [9.17, 15) is 13.2 Å². The number of rotatable bonds is 6. The maximum atomic E-state index is 12.8. The van der Waals surface area contributed by atoms with E-state index >= 15 is 0 Å². The number of hydrogen-bond donors (Lipinski definition) is 1. The third kappa shape index (κ3) is 4.96. The van der Waals surface area contributed by atoms with Crippen LogP contribution < -0.4 is 5.32 Å². The van der Waals surface area contributed by atoms with Gasteiger partial charge in [0, 0.05) is 25.6 Å². The van der Waals surface area contributed by atoms with E-state index in [4.69, 9.17) is 0 Å². The number of carbonyl (C=O) groups excluding carboxylic acids is 1. The summed E-state index contributed by atoms with van der Waals surface area (Å²) in [5.74, 6) is -0.0942. The Hall–Kier alpha value is -2.18. The van der Waals surface area contributed by atoms with E-state index in [1.54, 1.807) is 18.2 Å². The maximum absolute atomic E-state index is 12.8. The molecule has 1 N–H and O–H groups in total. The highest BCUT2D eigenvalue weighted by Crippen LogP contribution is 2.24. The van der Waals surface area contributed by atoms with Gasteiger partial charge in [-0.15, -0.1) is 0 Å². The van der Waals surface area contributed by atoms with Gasteiger partial charge in [-0.05, 0) is 49.4 Å². The number of sulfonamides is 1. The Kier molecular flexibility index (Phi) is 6.29. The highest BCUT2D eigenvalue weighted by Gasteiger charge is 2.31. The molecule has 3 rings (SSSR count). The van der Waals surface area contributed by atoms with Crippen molar-refractivity contribution in [2.24, 2.45) is 5.92 Å². The smallest absolute Gasteiger partial charge is 0.243 e. The number of carbonyl (C=O) groups is 1. The molecule has 1 saturated heterocycles. The van der Waals surface area contributed by atoms with Crippen molar-refractivity contribution >= 4 is 15.9 Å². The molecule has 0 unspecified atom stereocenters. The Morgan fingerprint density at radius 1 is 1.07 bits per heavy atom. The Balaban J connectivity index is 1.50. The molecule has 1 aliphatic heterocycles. The van der Waals surface area contributed by atoms with E-state index in [1.165, 1.54) is 9.87 Å². The maximum Gasteiger partial charge on any atom is 0.243 e. The van der Waals surface area contributed by atoms with Crippen LogP contribution in [0.4, 0.5) is 0 Å². The minimum absolute atomic E-state index is 0.0264. The van der Waals surface area contributed by atoms with Gasteiger partial charge in [-0.3, -0.25) is 4.79 Å². The molecule has 27 heavy (non-hydrogen) atoms. The molecule has 2 aromatic carbocycles. The van der Waals surface area contributed by atoms with E-state index in [1.807, 2.05) is 43.3 Å². The van der Waals surface area contributed by atoms with Crippen molar-refractivity contribution in [3.05, 3.63) is 65.7 Å². The summed E-state index contributed by atoms with van der Waals surface area (Å²) in [6.07, 6.45) is 1.91. The number of benzene rings is 2. The molecule has 1 fully saturated rings. The molecular weight excluding hydrogens is 360 g/mol. The van der Waals surface area contributed by atoms with Crippen molar-refractivity contribution in [3.63, 3.8) is 0 Å². The van der Waals surface area contributed by atoms with Crippen LogP contribution in [-0.2, 0) is 21.2 Å². The molecule has 0 aliphatic carbocycles. The quantitative estimate of drug-likeness (QED) is 0.830. The lowest BCUT2D eigenvalue weighted by molar-refractivity contribution is -0.126. The second-order valence-electron chi connectivity index (χ2n) is 7.02. The minimum Gasteiger partial charge on any atom is -0.356 e. The zero-order valence-corrected chi connectivity index (χ0v) is 16.4. The molecule has 144 valence electrons. The molecule has 1 heterocycles. The highest BCUT2D eigenvalue weighted by atomic mass is 32.2. The Labute approximate surface area is 161 Å². The monoisotopic (exact) mass is 386 g/mol. The summed E-state index contributed by atoms with van der Waals surface area (Å²) in [5.41, 5.74) is 2.11. The van der Waals surface area contributed by atoms with Crippen LogP contribution in [0.5, 0.6) is 0 Å². The van der Waals surface area contributed by atoms with Crippen LogP contribution in [0.2, 0.25) is 0 Å². The zero-order chi connectivity index (χ0) is 19.3. The fraction of sp³-hybridized carbons (Fsp3) is 0.381. The lowest BCUT2D eigenvalue weighted by Gasteiger charge is -2.30. The fourth-order valence-electron chi connectivity index (χ4n) is 3.40. The molecule has 6 heteroatoms. The number of piperidine rings is 1. The molecule has 5 nitrogen and oxygen atoms in total. The van der Waals surface area contributed by atoms with E-state index in [-0.39, 0.29) is 11.8 Å². The van der Waals surface area contributed by atoms with Gasteiger partial charge in [-0.1, -0.05) is 42.5 Å². The summed E-state index contributed by atoms with van der Waals surface area (Å²) >= 11 is 0. The number of nitrogens with zero attached hydrogens (tertiary/aromatic N) is 1. The standard InChI is InChI=1S/C21H26N2O3S/c1-17-6-5-9-20(16-17)27(25,26)23-14-11-19(12-15-23)21(24)22-13-10-18-7-3-2-4-8-18/h2-9,16,19H,10-15H2,1H3,(H,22,24). The van der Waals surface area contributed by atoms with Crippen molar-refractivity contribution in [3.8, 4) is 0 Å². The lowest BCUT2D eigenvalue weighted by atomic mass is 9.97. The molecule has 0 aromatic heterocycles. The fourth-order valence-corrected chi connectivity index (χ4v) is 4.98. The molecule has 0 bridgehead atoms. The molecule has 1 amide bonds. The predicted molar refractivity (Wildman–Crippen MR) is 106 cm³/mol. The Morgan fingerprint density at radius 2 is 1.78 bits per heavy atom. The molecule has 1 aliphatic rings. The van der Waals surface area contributed by atoms with Crippen molar-refractivity contribution in [1.29, 1.82) is 0 Å². The summed E-state index contributed by atoms with van der Waals surface area (Å²) in [6.45, 7) is 3.25. The Bertz CT molecular complexity index is 873. The number of nitrogens with one attached hydrogen (secondary N) is 1. The first-order valence-corrected chi connectivity index (χ1v) is 10.8. The van der Waals surface area contributed by atoms with Crippen LogP contribution in [0, 0.1) is 12.8 Å². The van der Waals surface area contributed by atoms with Crippen LogP contribution in [-0.4, -0.2) is 38.3 Å². The number of amides is 1. The summed E-state index contributed by atoms with van der Waals surface area (Å²) in [4.78, 5) is 12.7. The van der Waals surface area contributed by atoms with Gasteiger partial charge in [-0.2, -0.15) is 4.31 Å². The normalized spacial score (nSPS) is 16.2. The molecule has 0 saturated carbocycles. The summed E-state index contributed by atoms with van der Waals surface area (Å²) in [7, 11) is -3.49. The average molecular weight is 387 g/mol. The zero-order valence-electron chi connectivity index (χ0n) is 15.6. The van der Waals surface area contributed by atoms with Crippen molar-refractivity contribution < 1.29 is 13.2 Å². The second kappa shape index (κ2) is 8.67. The minimum atomic E-state index is -3.49. The van der Waals surface area contributed by atoms with Gasteiger partial charge in [0.15, 0.2) is 0 Å². The van der Waals surface area contributed by atoms with Crippen LogP contribution in [0.3, 0.4) is 0 Å². The SMILES string of the molecule is Cc1cccc(S(=O)(=O)N2CCC(C(=O)NCCc3ccccc3)CC2)c1. The van der Waals surface area contributed by atoms with Gasteiger partial charge in [0.25, 0.3) is 0 Å². The topological polar surface area (TPSA) is 66.5 Å². The van der Waals surface area contributed by atoms with Gasteiger partial charge >= 0.3 is 0 Å². The van der Waals surface area contributed by atoms with Crippen LogP contribution >= 0.6 is 0 Å². The van der Waals surface area contributed by atoms with Gasteiger partial charge in [0.05, 0.1) is 4.90 Å². The first kappa shape index (κ1) is 19.6. The van der Waals surface area contributed by atoms with E-state index in [0.29, 0.717) is 37.4 Å². The Morgan fingerprint density at radius 3 is 2.44 bits per heavy atom. The molecule has 0 atom stereocenters. The number of aryl methyl sites for hydroxylation is 1. The van der Waals surface area contributed by atoms with Crippen LogP contribution in [0.1, 0.15) is 24.0 Å². The van der Waals surface area contributed by atoms with E-state index in [0.717, 1.165) is 12.0 Å². The molecule has 0 spiro atoms. The third-order valence-corrected chi connectivity index (χ3v) is 6.90. The molecular formula is C21H26N2O3S. The van der Waals surface area contributed by atoms with Gasteiger partial charge in [-0.25, -0.2) is 8.42 Å². The van der Waals surface area contributed by atoms with E-state index < -0.39 is 10.0 Å². The summed E-state index contributed by atoms with van der Waals surface area (Å²) in [6, 6.07) is 17.0. The van der Waals surface area contributed by atoms with Crippen molar-refractivity contribution in [2.45, 2.75) is 31.1 Å². The predicted octanol–water partition coefficient (Wildman–Crippen LogP) is 2.75. The van der Waals surface area contributed by atoms with Crippen molar-refractivity contribution in [1.82, 2.24) is 9.62 Å². The molecule has 0 radical (unpaired) electrons. The second-order valence-corrected chi connectivity index (χ2v) is 8.96. The molecule has 2 aromatic rings. The first-order chi connectivity index (χ1) is 13.0. The lowest BCUT2D eigenvalue weighted by Crippen LogP contribution is -2.43. The highest BCUT2D eigenvalue weighted by molar-refractivity contribution is 7.89. The van der Waals surface area contributed by atoms with Crippen LogP contribution in [0.25, 0.3) is 0 Å².